The van der Waals surface area contributed by atoms with Crippen LogP contribution in [-0.2, 0) is 24.4 Å². The summed E-state index contributed by atoms with van der Waals surface area (Å²) in [7, 11) is 1.64. The van der Waals surface area contributed by atoms with Crippen molar-refractivity contribution in [2.75, 3.05) is 33.3 Å². The molecule has 5 rings (SSSR count). The van der Waals surface area contributed by atoms with E-state index in [1.54, 1.807) is 7.11 Å². The quantitative estimate of drug-likeness (QED) is 0.258. The standard InChI is InChI=1S/C33H34N2O4/c1-37-31-12-5-6-13-32(31)39-30-11-7-10-28(22-30)24-34-18-20-35(21-19-34)33(36)23-26-14-16-29(17-15-26)38-25-27-8-3-2-4-9-27/h2-17,22H,18-21,23-25H2,1H3. The molecule has 0 aromatic heterocycles. The minimum absolute atomic E-state index is 0.166. The van der Waals surface area contributed by atoms with Crippen molar-refractivity contribution in [3.63, 3.8) is 0 Å². The lowest BCUT2D eigenvalue weighted by Gasteiger charge is -2.35. The summed E-state index contributed by atoms with van der Waals surface area (Å²) in [5, 5.41) is 0. The number of methoxy groups -OCH3 is 1. The van der Waals surface area contributed by atoms with Crippen LogP contribution in [0.15, 0.2) is 103 Å². The van der Waals surface area contributed by atoms with E-state index in [4.69, 9.17) is 14.2 Å². The van der Waals surface area contributed by atoms with Crippen LogP contribution in [0.25, 0.3) is 0 Å². The molecule has 0 aliphatic carbocycles. The monoisotopic (exact) mass is 522 g/mol. The van der Waals surface area contributed by atoms with Gasteiger partial charge in [-0.2, -0.15) is 0 Å². The van der Waals surface area contributed by atoms with E-state index in [1.807, 2.05) is 95.9 Å². The lowest BCUT2D eigenvalue weighted by molar-refractivity contribution is -0.132. The van der Waals surface area contributed by atoms with E-state index in [2.05, 4.69) is 17.0 Å². The third-order valence-corrected chi connectivity index (χ3v) is 6.85. The molecular formula is C33H34N2O4. The Balaban J connectivity index is 1.08. The molecule has 4 aromatic rings. The maximum Gasteiger partial charge on any atom is 0.227 e. The molecule has 1 saturated heterocycles. The fourth-order valence-corrected chi connectivity index (χ4v) is 4.68. The highest BCUT2D eigenvalue weighted by atomic mass is 16.5. The molecule has 6 nitrogen and oxygen atoms in total. The number of nitrogens with zero attached hydrogens (tertiary/aromatic N) is 2. The van der Waals surface area contributed by atoms with Gasteiger partial charge in [-0.1, -0.05) is 66.7 Å². The third-order valence-electron chi connectivity index (χ3n) is 6.85. The van der Waals surface area contributed by atoms with Crippen LogP contribution >= 0.6 is 0 Å². The Labute approximate surface area is 230 Å². The van der Waals surface area contributed by atoms with Gasteiger partial charge < -0.3 is 19.1 Å². The molecule has 0 unspecified atom stereocenters. The first-order valence-electron chi connectivity index (χ1n) is 13.3. The van der Waals surface area contributed by atoms with Crippen molar-refractivity contribution in [2.45, 2.75) is 19.6 Å². The van der Waals surface area contributed by atoms with E-state index in [0.717, 1.165) is 55.3 Å². The zero-order valence-corrected chi connectivity index (χ0v) is 22.3. The molecule has 0 saturated carbocycles. The van der Waals surface area contributed by atoms with Gasteiger partial charge in [0.15, 0.2) is 11.5 Å². The van der Waals surface area contributed by atoms with Gasteiger partial charge in [0, 0.05) is 32.7 Å². The first-order valence-corrected chi connectivity index (χ1v) is 13.3. The first kappa shape index (κ1) is 26.3. The van der Waals surface area contributed by atoms with Gasteiger partial charge in [-0.05, 0) is 53.1 Å². The van der Waals surface area contributed by atoms with E-state index in [0.29, 0.717) is 24.5 Å². The molecule has 39 heavy (non-hydrogen) atoms. The summed E-state index contributed by atoms with van der Waals surface area (Å²) < 4.78 is 17.3. The number of carbonyl (C=O) groups is 1. The van der Waals surface area contributed by atoms with E-state index in [-0.39, 0.29) is 5.91 Å². The molecule has 1 heterocycles. The summed E-state index contributed by atoms with van der Waals surface area (Å²) >= 11 is 0. The number of para-hydroxylation sites is 2. The van der Waals surface area contributed by atoms with Crippen LogP contribution in [0.2, 0.25) is 0 Å². The van der Waals surface area contributed by atoms with Crippen LogP contribution in [0.3, 0.4) is 0 Å². The lowest BCUT2D eigenvalue weighted by atomic mass is 10.1. The summed E-state index contributed by atoms with van der Waals surface area (Å²) in [6.45, 7) is 4.49. The van der Waals surface area contributed by atoms with Gasteiger partial charge in [-0.15, -0.1) is 0 Å². The van der Waals surface area contributed by atoms with Crippen LogP contribution in [0, 0.1) is 0 Å². The number of benzene rings is 4. The van der Waals surface area contributed by atoms with E-state index >= 15 is 0 Å². The topological polar surface area (TPSA) is 51.2 Å². The number of hydrogen-bond acceptors (Lipinski definition) is 5. The van der Waals surface area contributed by atoms with Crippen LogP contribution in [0.4, 0.5) is 0 Å². The zero-order valence-electron chi connectivity index (χ0n) is 22.3. The number of hydrogen-bond donors (Lipinski definition) is 0. The Morgan fingerprint density at radius 2 is 1.38 bits per heavy atom. The summed E-state index contributed by atoms with van der Waals surface area (Å²) in [6, 6.07) is 33.7. The molecule has 0 bridgehead atoms. The average Bonchev–Trinajstić information content (AvgIpc) is 2.98. The number of ether oxygens (including phenoxy) is 3. The number of piperazine rings is 1. The minimum Gasteiger partial charge on any atom is -0.493 e. The van der Waals surface area contributed by atoms with Gasteiger partial charge in [-0.25, -0.2) is 0 Å². The summed E-state index contributed by atoms with van der Waals surface area (Å²) in [4.78, 5) is 17.3. The van der Waals surface area contributed by atoms with Crippen molar-refractivity contribution >= 4 is 5.91 Å². The van der Waals surface area contributed by atoms with Crippen molar-refractivity contribution in [3.05, 3.63) is 120 Å². The molecule has 1 aliphatic rings. The van der Waals surface area contributed by atoms with E-state index in [9.17, 15) is 4.79 Å². The second kappa shape index (κ2) is 13.0. The van der Waals surface area contributed by atoms with E-state index < -0.39 is 0 Å². The third kappa shape index (κ3) is 7.39. The molecular weight excluding hydrogens is 488 g/mol. The van der Waals surface area contributed by atoms with Gasteiger partial charge in [-0.3, -0.25) is 9.69 Å². The van der Waals surface area contributed by atoms with Crippen LogP contribution in [0.1, 0.15) is 16.7 Å². The van der Waals surface area contributed by atoms with Crippen molar-refractivity contribution in [1.29, 1.82) is 0 Å². The van der Waals surface area contributed by atoms with Crippen LogP contribution in [0.5, 0.6) is 23.0 Å². The SMILES string of the molecule is COc1ccccc1Oc1cccc(CN2CCN(C(=O)Cc3ccc(OCc4ccccc4)cc3)CC2)c1. The van der Waals surface area contributed by atoms with Crippen molar-refractivity contribution in [2.24, 2.45) is 0 Å². The van der Waals surface area contributed by atoms with E-state index in [1.165, 1.54) is 5.56 Å². The molecule has 6 heteroatoms. The van der Waals surface area contributed by atoms with Gasteiger partial charge in [0.05, 0.1) is 13.5 Å². The molecule has 1 fully saturated rings. The average molecular weight is 523 g/mol. The normalized spacial score (nSPS) is 13.6. The van der Waals surface area contributed by atoms with Gasteiger partial charge in [0.25, 0.3) is 0 Å². The zero-order chi connectivity index (χ0) is 26.9. The number of amides is 1. The smallest absolute Gasteiger partial charge is 0.227 e. The largest absolute Gasteiger partial charge is 0.493 e. The Morgan fingerprint density at radius 1 is 0.692 bits per heavy atom. The molecule has 0 radical (unpaired) electrons. The highest BCUT2D eigenvalue weighted by molar-refractivity contribution is 5.79. The molecule has 1 aliphatic heterocycles. The molecule has 0 atom stereocenters. The molecule has 0 N–H and O–H groups in total. The summed E-state index contributed by atoms with van der Waals surface area (Å²) in [5.41, 5.74) is 3.31. The van der Waals surface area contributed by atoms with Crippen LogP contribution in [-0.4, -0.2) is 49.0 Å². The first-order chi connectivity index (χ1) is 19.2. The van der Waals surface area contributed by atoms with Gasteiger partial charge >= 0.3 is 0 Å². The van der Waals surface area contributed by atoms with Crippen molar-refractivity contribution in [3.8, 4) is 23.0 Å². The predicted molar refractivity (Wildman–Crippen MR) is 152 cm³/mol. The summed E-state index contributed by atoms with van der Waals surface area (Å²) in [5.74, 6) is 3.15. The Morgan fingerprint density at radius 3 is 2.13 bits per heavy atom. The van der Waals surface area contributed by atoms with Crippen molar-refractivity contribution < 1.29 is 19.0 Å². The van der Waals surface area contributed by atoms with Gasteiger partial charge in [0.1, 0.15) is 18.1 Å². The fourth-order valence-electron chi connectivity index (χ4n) is 4.68. The minimum atomic E-state index is 0.166. The lowest BCUT2D eigenvalue weighted by Crippen LogP contribution is -2.48. The van der Waals surface area contributed by atoms with Crippen molar-refractivity contribution in [1.82, 2.24) is 9.80 Å². The fraction of sp³-hybridized carbons (Fsp3) is 0.242. The maximum absolute atomic E-state index is 12.9. The predicted octanol–water partition coefficient (Wildman–Crippen LogP) is 5.95. The molecule has 1 amide bonds. The Kier molecular flexibility index (Phi) is 8.76. The molecule has 4 aromatic carbocycles. The highest BCUT2D eigenvalue weighted by Crippen LogP contribution is 2.31. The van der Waals surface area contributed by atoms with Crippen LogP contribution < -0.4 is 14.2 Å². The molecule has 200 valence electrons. The second-order valence-electron chi connectivity index (χ2n) is 9.65. The number of carbonyl (C=O) groups excluding carboxylic acids is 1. The highest BCUT2D eigenvalue weighted by Gasteiger charge is 2.21. The Bertz CT molecular complexity index is 1350. The number of rotatable bonds is 10. The summed E-state index contributed by atoms with van der Waals surface area (Å²) in [6.07, 6.45) is 0.404. The van der Waals surface area contributed by atoms with Gasteiger partial charge in [0.2, 0.25) is 5.91 Å². The second-order valence-corrected chi connectivity index (χ2v) is 9.65. The maximum atomic E-state index is 12.9. The Hall–Kier alpha value is -4.29. The molecule has 0 spiro atoms.